The minimum atomic E-state index is 0.672. The molecule has 1 aromatic rings. The molecule has 0 saturated carbocycles. The Hall–Kier alpha value is -0.830. The summed E-state index contributed by atoms with van der Waals surface area (Å²) in [5, 5.41) is 7.72. The summed E-state index contributed by atoms with van der Waals surface area (Å²) in [6.45, 7) is 4.24. The van der Waals surface area contributed by atoms with Gasteiger partial charge in [0.2, 0.25) is 0 Å². The Kier molecular flexibility index (Phi) is 2.87. The number of aromatic nitrogens is 2. The molecule has 1 aliphatic carbocycles. The van der Waals surface area contributed by atoms with Gasteiger partial charge in [0, 0.05) is 24.7 Å². The molecule has 1 heterocycles. The molecule has 1 aromatic heterocycles. The molecule has 0 radical (unpaired) electrons. The van der Waals surface area contributed by atoms with E-state index in [1.165, 1.54) is 30.5 Å². The first-order valence-corrected chi connectivity index (χ1v) is 5.56. The molecule has 0 aromatic carbocycles. The molecule has 3 heteroatoms. The molecule has 1 N–H and O–H groups in total. The number of aryl methyl sites for hydroxylation is 2. The zero-order valence-corrected chi connectivity index (χ0v) is 9.08. The van der Waals surface area contributed by atoms with Crippen molar-refractivity contribution >= 4 is 0 Å². The molecule has 14 heavy (non-hydrogen) atoms. The highest BCUT2D eigenvalue weighted by atomic mass is 15.3. The van der Waals surface area contributed by atoms with Gasteiger partial charge in [0.25, 0.3) is 0 Å². The number of nitrogens with one attached hydrogen (secondary N) is 1. The fourth-order valence-corrected chi connectivity index (χ4v) is 2.47. The number of nitrogens with zero attached hydrogens (tertiary/aromatic N) is 2. The molecule has 0 aliphatic heterocycles. The molecular weight excluding hydrogens is 174 g/mol. The van der Waals surface area contributed by atoms with Crippen LogP contribution in [-0.2, 0) is 13.0 Å². The van der Waals surface area contributed by atoms with E-state index < -0.39 is 0 Å². The van der Waals surface area contributed by atoms with Crippen molar-refractivity contribution in [1.82, 2.24) is 15.1 Å². The maximum absolute atomic E-state index is 4.44. The summed E-state index contributed by atoms with van der Waals surface area (Å²) < 4.78 is 2.16. The van der Waals surface area contributed by atoms with Gasteiger partial charge < -0.3 is 5.32 Å². The fraction of sp³-hybridized carbons (Fsp3) is 0.727. The van der Waals surface area contributed by atoms with E-state index in [2.05, 4.69) is 28.2 Å². The Bertz CT molecular complexity index is 290. The van der Waals surface area contributed by atoms with Crippen LogP contribution in [-0.4, -0.2) is 23.4 Å². The first kappa shape index (κ1) is 9.71. The number of hydrogen-bond acceptors (Lipinski definition) is 2. The van der Waals surface area contributed by atoms with Crippen LogP contribution in [0.15, 0.2) is 6.20 Å². The predicted octanol–water partition coefficient (Wildman–Crippen LogP) is 1.54. The van der Waals surface area contributed by atoms with Gasteiger partial charge in [-0.3, -0.25) is 4.68 Å². The number of fused-ring (bicyclic) bond motifs is 1. The third-order valence-corrected chi connectivity index (χ3v) is 3.10. The Morgan fingerprint density at radius 2 is 2.50 bits per heavy atom. The van der Waals surface area contributed by atoms with Crippen LogP contribution in [0.1, 0.15) is 36.9 Å². The molecule has 0 amide bonds. The first-order chi connectivity index (χ1) is 6.86. The van der Waals surface area contributed by atoms with Gasteiger partial charge in [-0.15, -0.1) is 0 Å². The van der Waals surface area contributed by atoms with Gasteiger partial charge in [-0.1, -0.05) is 0 Å². The van der Waals surface area contributed by atoms with E-state index >= 15 is 0 Å². The van der Waals surface area contributed by atoms with E-state index in [9.17, 15) is 0 Å². The van der Waals surface area contributed by atoms with Crippen molar-refractivity contribution in [1.29, 1.82) is 0 Å². The van der Waals surface area contributed by atoms with Gasteiger partial charge in [-0.2, -0.15) is 5.10 Å². The smallest absolute Gasteiger partial charge is 0.0524 e. The normalized spacial score (nSPS) is 20.9. The SMILES string of the molecule is CCn1ncc2c1C(CNC)CCC2. The highest BCUT2D eigenvalue weighted by Gasteiger charge is 2.23. The lowest BCUT2D eigenvalue weighted by molar-refractivity contribution is 0.480. The second-order valence-electron chi connectivity index (χ2n) is 4.02. The minimum absolute atomic E-state index is 0.672. The maximum atomic E-state index is 4.44. The summed E-state index contributed by atoms with van der Waals surface area (Å²) in [4.78, 5) is 0. The lowest BCUT2D eigenvalue weighted by Gasteiger charge is -2.23. The van der Waals surface area contributed by atoms with E-state index in [1.54, 1.807) is 0 Å². The summed E-state index contributed by atoms with van der Waals surface area (Å²) in [6.07, 6.45) is 5.89. The molecule has 0 fully saturated rings. The zero-order valence-electron chi connectivity index (χ0n) is 9.08. The Labute approximate surface area is 85.5 Å². The molecular formula is C11H19N3. The molecule has 2 rings (SSSR count). The van der Waals surface area contributed by atoms with Crippen molar-refractivity contribution < 1.29 is 0 Å². The Morgan fingerprint density at radius 1 is 1.64 bits per heavy atom. The molecule has 0 bridgehead atoms. The van der Waals surface area contributed by atoms with Gasteiger partial charge in [0.05, 0.1) is 6.20 Å². The predicted molar refractivity (Wildman–Crippen MR) is 57.5 cm³/mol. The summed E-state index contributed by atoms with van der Waals surface area (Å²) in [7, 11) is 2.03. The average Bonchev–Trinajstić information content (AvgIpc) is 2.62. The molecule has 1 unspecified atom stereocenters. The maximum Gasteiger partial charge on any atom is 0.0524 e. The topological polar surface area (TPSA) is 29.9 Å². The highest BCUT2D eigenvalue weighted by Crippen LogP contribution is 2.30. The van der Waals surface area contributed by atoms with Crippen LogP contribution in [0, 0.1) is 0 Å². The quantitative estimate of drug-likeness (QED) is 0.789. The van der Waals surface area contributed by atoms with Crippen molar-refractivity contribution in [3.63, 3.8) is 0 Å². The molecule has 1 aliphatic rings. The van der Waals surface area contributed by atoms with Gasteiger partial charge >= 0.3 is 0 Å². The van der Waals surface area contributed by atoms with Crippen LogP contribution >= 0.6 is 0 Å². The van der Waals surface area contributed by atoms with Crippen LogP contribution in [0.25, 0.3) is 0 Å². The third-order valence-electron chi connectivity index (χ3n) is 3.10. The standard InChI is InChI=1S/C11H19N3/c1-3-14-11-9(7-12-2)5-4-6-10(11)8-13-14/h8-9,12H,3-7H2,1-2H3. The molecule has 1 atom stereocenters. The van der Waals surface area contributed by atoms with Gasteiger partial charge in [-0.05, 0) is 38.8 Å². The summed E-state index contributed by atoms with van der Waals surface area (Å²) in [5.74, 6) is 0.672. The fourth-order valence-electron chi connectivity index (χ4n) is 2.47. The largest absolute Gasteiger partial charge is 0.319 e. The number of hydrogen-bond donors (Lipinski definition) is 1. The monoisotopic (exact) mass is 193 g/mol. The third kappa shape index (κ3) is 1.57. The van der Waals surface area contributed by atoms with Crippen LogP contribution in [0.4, 0.5) is 0 Å². The van der Waals surface area contributed by atoms with Gasteiger partial charge in [0.15, 0.2) is 0 Å². The van der Waals surface area contributed by atoms with Crippen molar-refractivity contribution in [2.24, 2.45) is 0 Å². The van der Waals surface area contributed by atoms with Crippen LogP contribution < -0.4 is 5.32 Å². The second kappa shape index (κ2) is 4.13. The van der Waals surface area contributed by atoms with E-state index in [1.807, 2.05) is 7.05 Å². The summed E-state index contributed by atoms with van der Waals surface area (Å²) in [6, 6.07) is 0. The lowest BCUT2D eigenvalue weighted by atomic mass is 9.88. The molecule has 78 valence electrons. The Balaban J connectivity index is 2.30. The zero-order chi connectivity index (χ0) is 9.97. The number of likely N-dealkylation sites (N-methyl/N-ethyl adjacent to an activating group) is 1. The van der Waals surface area contributed by atoms with Crippen molar-refractivity contribution in [2.75, 3.05) is 13.6 Å². The van der Waals surface area contributed by atoms with Crippen molar-refractivity contribution in [2.45, 2.75) is 38.6 Å². The van der Waals surface area contributed by atoms with Crippen LogP contribution in [0.3, 0.4) is 0 Å². The minimum Gasteiger partial charge on any atom is -0.319 e. The van der Waals surface area contributed by atoms with E-state index in [0.29, 0.717) is 5.92 Å². The molecule has 3 nitrogen and oxygen atoms in total. The Morgan fingerprint density at radius 3 is 3.21 bits per heavy atom. The van der Waals surface area contributed by atoms with Crippen molar-refractivity contribution in [3.8, 4) is 0 Å². The second-order valence-corrected chi connectivity index (χ2v) is 4.02. The van der Waals surface area contributed by atoms with Crippen molar-refractivity contribution in [3.05, 3.63) is 17.5 Å². The van der Waals surface area contributed by atoms with Crippen LogP contribution in [0.2, 0.25) is 0 Å². The summed E-state index contributed by atoms with van der Waals surface area (Å²) >= 11 is 0. The highest BCUT2D eigenvalue weighted by molar-refractivity contribution is 5.25. The van der Waals surface area contributed by atoms with Gasteiger partial charge in [0.1, 0.15) is 0 Å². The van der Waals surface area contributed by atoms with E-state index in [0.717, 1.165) is 13.1 Å². The number of rotatable bonds is 3. The summed E-state index contributed by atoms with van der Waals surface area (Å²) in [5.41, 5.74) is 2.95. The lowest BCUT2D eigenvalue weighted by Crippen LogP contribution is -2.23. The molecule has 0 spiro atoms. The van der Waals surface area contributed by atoms with E-state index in [-0.39, 0.29) is 0 Å². The first-order valence-electron chi connectivity index (χ1n) is 5.56. The van der Waals surface area contributed by atoms with Gasteiger partial charge in [-0.25, -0.2) is 0 Å². The van der Waals surface area contributed by atoms with E-state index in [4.69, 9.17) is 0 Å². The average molecular weight is 193 g/mol. The van der Waals surface area contributed by atoms with Crippen LogP contribution in [0.5, 0.6) is 0 Å². The molecule has 0 saturated heterocycles.